The third-order valence-corrected chi connectivity index (χ3v) is 3.16. The van der Waals surface area contributed by atoms with E-state index in [1.807, 2.05) is 12.1 Å². The highest BCUT2D eigenvalue weighted by Gasteiger charge is 2.15. The van der Waals surface area contributed by atoms with Crippen molar-refractivity contribution in [3.8, 4) is 0 Å². The van der Waals surface area contributed by atoms with Gasteiger partial charge in [-0.3, -0.25) is 0 Å². The van der Waals surface area contributed by atoms with Crippen LogP contribution in [0.1, 0.15) is 24.3 Å². The van der Waals surface area contributed by atoms with E-state index < -0.39 is 0 Å². The molecule has 1 fully saturated rings. The Bertz CT molecular complexity index is 319. The Morgan fingerprint density at radius 1 is 1.29 bits per heavy atom. The molecule has 1 heterocycles. The van der Waals surface area contributed by atoms with Crippen LogP contribution in [0, 0.1) is 0 Å². The van der Waals surface area contributed by atoms with Crippen LogP contribution in [0.25, 0.3) is 0 Å². The Balaban J connectivity index is 2.18. The number of nitrogens with two attached hydrogens (primary N) is 1. The minimum absolute atomic E-state index is 0.648. The van der Waals surface area contributed by atoms with Gasteiger partial charge in [0, 0.05) is 0 Å². The number of hydrogen-bond donors (Lipinski definition) is 2. The van der Waals surface area contributed by atoms with Crippen molar-refractivity contribution in [2.24, 2.45) is 0 Å². The number of halogens is 1. The van der Waals surface area contributed by atoms with Crippen LogP contribution in [-0.4, -0.2) is 13.1 Å². The molecular weight excluding hydrogens is 196 g/mol. The summed E-state index contributed by atoms with van der Waals surface area (Å²) in [4.78, 5) is 0. The second-order valence-corrected chi connectivity index (χ2v) is 4.21. The Morgan fingerprint density at radius 3 is 2.64 bits per heavy atom. The zero-order chi connectivity index (χ0) is 9.97. The fourth-order valence-electron chi connectivity index (χ4n) is 1.95. The van der Waals surface area contributed by atoms with Gasteiger partial charge in [-0.2, -0.15) is 0 Å². The molecule has 2 rings (SSSR count). The van der Waals surface area contributed by atoms with Gasteiger partial charge in [-0.15, -0.1) is 0 Å². The first-order chi connectivity index (χ1) is 6.77. The van der Waals surface area contributed by atoms with E-state index in [1.54, 1.807) is 0 Å². The molecule has 3 heteroatoms. The summed E-state index contributed by atoms with van der Waals surface area (Å²) in [5.74, 6) is 0.648. The van der Waals surface area contributed by atoms with Crippen molar-refractivity contribution in [2.75, 3.05) is 18.8 Å². The van der Waals surface area contributed by atoms with E-state index in [0.717, 1.165) is 13.1 Å². The smallest absolute Gasteiger partial charge is 0.0638 e. The predicted molar refractivity (Wildman–Crippen MR) is 60.7 cm³/mol. The van der Waals surface area contributed by atoms with Crippen LogP contribution < -0.4 is 11.1 Å². The molecule has 0 radical (unpaired) electrons. The SMILES string of the molecule is Nc1ccc(C2CCNCC2)cc1Cl. The quantitative estimate of drug-likeness (QED) is 0.699. The normalized spacial score (nSPS) is 18.4. The molecule has 3 N–H and O–H groups in total. The lowest BCUT2D eigenvalue weighted by atomic mass is 9.90. The topological polar surface area (TPSA) is 38.0 Å². The Morgan fingerprint density at radius 2 is 2.00 bits per heavy atom. The van der Waals surface area contributed by atoms with E-state index in [9.17, 15) is 0 Å². The summed E-state index contributed by atoms with van der Waals surface area (Å²) in [5, 5.41) is 4.03. The van der Waals surface area contributed by atoms with Gasteiger partial charge in [0.15, 0.2) is 0 Å². The van der Waals surface area contributed by atoms with Gasteiger partial charge in [0.2, 0.25) is 0 Å². The first-order valence-electron chi connectivity index (χ1n) is 5.03. The lowest BCUT2D eigenvalue weighted by Crippen LogP contribution is -2.26. The maximum atomic E-state index is 5.99. The van der Waals surface area contributed by atoms with Crippen molar-refractivity contribution < 1.29 is 0 Å². The highest BCUT2D eigenvalue weighted by atomic mass is 35.5. The molecule has 14 heavy (non-hydrogen) atoms. The van der Waals surface area contributed by atoms with Crippen molar-refractivity contribution >= 4 is 17.3 Å². The molecule has 0 saturated carbocycles. The first kappa shape index (κ1) is 9.81. The molecule has 0 aliphatic carbocycles. The molecule has 1 aliphatic rings. The summed E-state index contributed by atoms with van der Waals surface area (Å²) in [5.41, 5.74) is 7.67. The highest BCUT2D eigenvalue weighted by molar-refractivity contribution is 6.33. The van der Waals surface area contributed by atoms with Gasteiger partial charge >= 0.3 is 0 Å². The number of anilines is 1. The molecule has 76 valence electrons. The van der Waals surface area contributed by atoms with Crippen LogP contribution in [0.4, 0.5) is 5.69 Å². The molecular formula is C11H15ClN2. The van der Waals surface area contributed by atoms with Crippen molar-refractivity contribution in [1.29, 1.82) is 0 Å². The Hall–Kier alpha value is -0.730. The number of nitrogen functional groups attached to an aromatic ring is 1. The second kappa shape index (κ2) is 4.20. The molecule has 1 aromatic rings. The summed E-state index contributed by atoms with van der Waals surface area (Å²) in [6, 6.07) is 6.00. The molecule has 2 nitrogen and oxygen atoms in total. The molecule has 1 aromatic carbocycles. The van der Waals surface area contributed by atoms with Gasteiger partial charge in [-0.25, -0.2) is 0 Å². The zero-order valence-corrected chi connectivity index (χ0v) is 8.85. The molecule has 0 atom stereocenters. The van der Waals surface area contributed by atoms with Crippen LogP contribution in [0.2, 0.25) is 5.02 Å². The van der Waals surface area contributed by atoms with Crippen molar-refractivity contribution in [3.63, 3.8) is 0 Å². The Kier molecular flexibility index (Phi) is 2.94. The van der Waals surface area contributed by atoms with E-state index in [0.29, 0.717) is 16.6 Å². The largest absolute Gasteiger partial charge is 0.398 e. The van der Waals surface area contributed by atoms with Crippen LogP contribution in [0.15, 0.2) is 18.2 Å². The lowest BCUT2D eigenvalue weighted by molar-refractivity contribution is 0.460. The fourth-order valence-corrected chi connectivity index (χ4v) is 2.14. The zero-order valence-electron chi connectivity index (χ0n) is 8.09. The first-order valence-corrected chi connectivity index (χ1v) is 5.41. The van der Waals surface area contributed by atoms with E-state index >= 15 is 0 Å². The summed E-state index contributed by atoms with van der Waals surface area (Å²) >= 11 is 5.99. The van der Waals surface area contributed by atoms with Crippen LogP contribution in [-0.2, 0) is 0 Å². The van der Waals surface area contributed by atoms with Crippen molar-refractivity contribution in [3.05, 3.63) is 28.8 Å². The molecule has 0 amide bonds. The minimum Gasteiger partial charge on any atom is -0.398 e. The maximum Gasteiger partial charge on any atom is 0.0638 e. The van der Waals surface area contributed by atoms with Gasteiger partial charge in [0.1, 0.15) is 0 Å². The van der Waals surface area contributed by atoms with E-state index in [2.05, 4.69) is 11.4 Å². The second-order valence-electron chi connectivity index (χ2n) is 3.81. The Labute approximate surface area is 89.4 Å². The molecule has 0 aromatic heterocycles. The third kappa shape index (κ3) is 2.02. The summed E-state index contributed by atoms with van der Waals surface area (Å²) in [6.07, 6.45) is 2.39. The lowest BCUT2D eigenvalue weighted by Gasteiger charge is -2.23. The summed E-state index contributed by atoms with van der Waals surface area (Å²) in [6.45, 7) is 2.21. The summed E-state index contributed by atoms with van der Waals surface area (Å²) < 4.78 is 0. The monoisotopic (exact) mass is 210 g/mol. The molecule has 0 spiro atoms. The van der Waals surface area contributed by atoms with Crippen molar-refractivity contribution in [2.45, 2.75) is 18.8 Å². The highest BCUT2D eigenvalue weighted by Crippen LogP contribution is 2.29. The molecule has 1 saturated heterocycles. The van der Waals surface area contributed by atoms with Gasteiger partial charge in [-0.1, -0.05) is 17.7 Å². The van der Waals surface area contributed by atoms with Gasteiger partial charge in [0.05, 0.1) is 10.7 Å². The van der Waals surface area contributed by atoms with Crippen LogP contribution >= 0.6 is 11.6 Å². The number of nitrogens with one attached hydrogen (secondary N) is 1. The summed E-state index contributed by atoms with van der Waals surface area (Å²) in [7, 11) is 0. The predicted octanol–water partition coefficient (Wildman–Crippen LogP) is 2.39. The molecule has 0 unspecified atom stereocenters. The van der Waals surface area contributed by atoms with Gasteiger partial charge in [0.25, 0.3) is 0 Å². The maximum absolute atomic E-state index is 5.99. The standard InChI is InChI=1S/C11H15ClN2/c12-10-7-9(1-2-11(10)13)8-3-5-14-6-4-8/h1-2,7-8,14H,3-6,13H2. The van der Waals surface area contributed by atoms with Crippen molar-refractivity contribution in [1.82, 2.24) is 5.32 Å². The number of rotatable bonds is 1. The minimum atomic E-state index is 0.648. The fraction of sp³-hybridized carbons (Fsp3) is 0.455. The molecule has 0 bridgehead atoms. The molecule has 1 aliphatic heterocycles. The van der Waals surface area contributed by atoms with E-state index in [4.69, 9.17) is 17.3 Å². The number of hydrogen-bond acceptors (Lipinski definition) is 2. The number of piperidine rings is 1. The van der Waals surface area contributed by atoms with E-state index in [-0.39, 0.29) is 0 Å². The van der Waals surface area contributed by atoms with Crippen LogP contribution in [0.5, 0.6) is 0 Å². The average molecular weight is 211 g/mol. The van der Waals surface area contributed by atoms with Gasteiger partial charge in [-0.05, 0) is 49.5 Å². The van der Waals surface area contributed by atoms with Crippen LogP contribution in [0.3, 0.4) is 0 Å². The number of benzene rings is 1. The average Bonchev–Trinajstić information content (AvgIpc) is 2.23. The third-order valence-electron chi connectivity index (χ3n) is 2.84. The van der Waals surface area contributed by atoms with E-state index in [1.165, 1.54) is 18.4 Å². The van der Waals surface area contributed by atoms with Gasteiger partial charge < -0.3 is 11.1 Å².